The highest BCUT2D eigenvalue weighted by molar-refractivity contribution is 5.66. The smallest absolute Gasteiger partial charge is 0.303 e. The van der Waals surface area contributed by atoms with Crippen molar-refractivity contribution in [2.75, 3.05) is 30.9 Å². The van der Waals surface area contributed by atoms with Gasteiger partial charge >= 0.3 is 5.97 Å². The number of anilines is 2. The van der Waals surface area contributed by atoms with Crippen LogP contribution in [-0.4, -0.2) is 46.7 Å². The van der Waals surface area contributed by atoms with Crippen molar-refractivity contribution in [1.82, 2.24) is 15.0 Å². The first-order valence-corrected chi connectivity index (χ1v) is 5.34. The molecule has 17 heavy (non-hydrogen) atoms. The fourth-order valence-corrected chi connectivity index (χ4v) is 1.19. The molecule has 0 aliphatic carbocycles. The van der Waals surface area contributed by atoms with Crippen molar-refractivity contribution in [2.45, 2.75) is 19.8 Å². The van der Waals surface area contributed by atoms with Crippen LogP contribution in [-0.2, 0) is 4.79 Å². The summed E-state index contributed by atoms with van der Waals surface area (Å²) < 4.78 is 0. The minimum atomic E-state index is -0.799. The molecule has 0 aliphatic rings. The van der Waals surface area contributed by atoms with Crippen molar-refractivity contribution in [1.29, 1.82) is 0 Å². The Morgan fingerprint density at radius 2 is 2.06 bits per heavy atom. The van der Waals surface area contributed by atoms with E-state index in [0.717, 1.165) is 0 Å². The van der Waals surface area contributed by atoms with Crippen LogP contribution in [0.25, 0.3) is 0 Å². The summed E-state index contributed by atoms with van der Waals surface area (Å²) in [5.41, 5.74) is 0. The van der Waals surface area contributed by atoms with Crippen LogP contribution in [0.2, 0.25) is 0 Å². The number of nitrogens with zero attached hydrogens (tertiary/aromatic N) is 4. The fraction of sp³-hybridized carbons (Fsp3) is 0.600. The topological polar surface area (TPSA) is 91.2 Å². The molecule has 7 nitrogen and oxygen atoms in total. The van der Waals surface area contributed by atoms with Gasteiger partial charge in [0.15, 0.2) is 0 Å². The van der Waals surface area contributed by atoms with Gasteiger partial charge in [-0.2, -0.15) is 15.0 Å². The van der Waals surface area contributed by atoms with Gasteiger partial charge in [0.25, 0.3) is 0 Å². The third kappa shape index (κ3) is 4.62. The van der Waals surface area contributed by atoms with E-state index in [2.05, 4.69) is 20.3 Å². The summed E-state index contributed by atoms with van der Waals surface area (Å²) >= 11 is 0. The van der Waals surface area contributed by atoms with E-state index in [9.17, 15) is 4.79 Å². The number of carboxylic acids is 1. The van der Waals surface area contributed by atoms with Crippen LogP contribution in [0.4, 0.5) is 11.9 Å². The molecule has 94 valence electrons. The third-order valence-electron chi connectivity index (χ3n) is 1.99. The summed E-state index contributed by atoms with van der Waals surface area (Å²) in [6.07, 6.45) is 0.676. The number of aromatic nitrogens is 3. The molecule has 0 spiro atoms. The number of hydrogen-bond acceptors (Lipinski definition) is 6. The Hall–Kier alpha value is -1.92. The Morgan fingerprint density at radius 3 is 2.65 bits per heavy atom. The van der Waals surface area contributed by atoms with E-state index >= 15 is 0 Å². The normalized spacial score (nSPS) is 10.1. The first-order chi connectivity index (χ1) is 7.99. The minimum Gasteiger partial charge on any atom is -0.481 e. The molecule has 0 saturated heterocycles. The summed E-state index contributed by atoms with van der Waals surface area (Å²) in [6, 6.07) is 0. The van der Waals surface area contributed by atoms with Gasteiger partial charge in [0.1, 0.15) is 5.82 Å². The monoisotopic (exact) mass is 239 g/mol. The van der Waals surface area contributed by atoms with Crippen molar-refractivity contribution in [3.63, 3.8) is 0 Å². The molecule has 0 atom stereocenters. The zero-order valence-corrected chi connectivity index (χ0v) is 10.3. The molecule has 0 saturated carbocycles. The Balaban J connectivity index is 2.55. The molecule has 0 fully saturated rings. The highest BCUT2D eigenvalue weighted by atomic mass is 16.4. The predicted molar refractivity (Wildman–Crippen MR) is 64.3 cm³/mol. The molecule has 7 heteroatoms. The molecule has 0 aliphatic heterocycles. The van der Waals surface area contributed by atoms with Gasteiger partial charge in [-0.25, -0.2) is 0 Å². The maximum absolute atomic E-state index is 10.3. The van der Waals surface area contributed by atoms with Crippen molar-refractivity contribution in [3.05, 3.63) is 5.82 Å². The van der Waals surface area contributed by atoms with E-state index in [1.54, 1.807) is 11.8 Å². The Labute approximate surface area is 99.9 Å². The summed E-state index contributed by atoms with van der Waals surface area (Å²) in [6.45, 7) is 2.32. The molecular formula is C10H17N5O2. The van der Waals surface area contributed by atoms with Gasteiger partial charge in [-0.05, 0) is 13.3 Å². The maximum Gasteiger partial charge on any atom is 0.303 e. The number of aryl methyl sites for hydroxylation is 1. The number of rotatable bonds is 6. The average molecular weight is 239 g/mol. The molecule has 0 radical (unpaired) electrons. The number of aliphatic carboxylic acids is 1. The lowest BCUT2D eigenvalue weighted by atomic mass is 10.3. The predicted octanol–water partition coefficient (Wildman–Crippen LogP) is 0.523. The standard InChI is InChI=1S/C10H17N5O2/c1-7-12-9(11-6-4-5-8(16)17)14-10(13-7)15(2)3/h4-6H2,1-3H3,(H,16,17)(H,11,12,13,14). The van der Waals surface area contributed by atoms with Gasteiger partial charge in [0.2, 0.25) is 11.9 Å². The molecule has 0 bridgehead atoms. The zero-order chi connectivity index (χ0) is 12.8. The number of carboxylic acid groups (broad SMARTS) is 1. The van der Waals surface area contributed by atoms with Gasteiger partial charge in [-0.1, -0.05) is 0 Å². The molecule has 0 unspecified atom stereocenters. The summed E-state index contributed by atoms with van der Waals surface area (Å²) in [5.74, 6) is 0.891. The molecule has 1 aromatic rings. The second kappa shape index (κ2) is 5.97. The first kappa shape index (κ1) is 13.1. The van der Waals surface area contributed by atoms with E-state index < -0.39 is 5.97 Å². The second-order valence-electron chi connectivity index (χ2n) is 3.82. The lowest BCUT2D eigenvalue weighted by Gasteiger charge is -2.12. The summed E-state index contributed by atoms with van der Waals surface area (Å²) in [4.78, 5) is 24.6. The lowest BCUT2D eigenvalue weighted by Crippen LogP contribution is -2.16. The SMILES string of the molecule is Cc1nc(NCCCC(=O)O)nc(N(C)C)n1. The van der Waals surface area contributed by atoms with Crippen LogP contribution >= 0.6 is 0 Å². The van der Waals surface area contributed by atoms with Gasteiger partial charge in [0.05, 0.1) is 0 Å². The van der Waals surface area contributed by atoms with E-state index in [-0.39, 0.29) is 6.42 Å². The van der Waals surface area contributed by atoms with E-state index in [1.165, 1.54) is 0 Å². The third-order valence-corrected chi connectivity index (χ3v) is 1.99. The van der Waals surface area contributed by atoms with Gasteiger partial charge < -0.3 is 15.3 Å². The Morgan fingerprint density at radius 1 is 1.35 bits per heavy atom. The molecule has 1 rings (SSSR count). The van der Waals surface area contributed by atoms with Gasteiger partial charge in [-0.15, -0.1) is 0 Å². The van der Waals surface area contributed by atoms with E-state index in [1.807, 2.05) is 14.1 Å². The van der Waals surface area contributed by atoms with Crippen LogP contribution < -0.4 is 10.2 Å². The van der Waals surface area contributed by atoms with Crippen molar-refractivity contribution < 1.29 is 9.90 Å². The Bertz CT molecular complexity index is 394. The minimum absolute atomic E-state index is 0.137. The van der Waals surface area contributed by atoms with E-state index in [4.69, 9.17) is 5.11 Å². The van der Waals surface area contributed by atoms with Gasteiger partial charge in [0, 0.05) is 27.1 Å². The summed E-state index contributed by atoms with van der Waals surface area (Å²) in [5, 5.41) is 11.5. The highest BCUT2D eigenvalue weighted by Crippen LogP contribution is 2.07. The molecule has 0 aromatic carbocycles. The van der Waals surface area contributed by atoms with Gasteiger partial charge in [-0.3, -0.25) is 4.79 Å². The second-order valence-corrected chi connectivity index (χ2v) is 3.82. The first-order valence-electron chi connectivity index (χ1n) is 5.34. The fourth-order valence-electron chi connectivity index (χ4n) is 1.19. The lowest BCUT2D eigenvalue weighted by molar-refractivity contribution is -0.137. The van der Waals surface area contributed by atoms with Crippen LogP contribution in [0.15, 0.2) is 0 Å². The zero-order valence-electron chi connectivity index (χ0n) is 10.3. The van der Waals surface area contributed by atoms with Crippen molar-refractivity contribution in [2.24, 2.45) is 0 Å². The largest absolute Gasteiger partial charge is 0.481 e. The average Bonchev–Trinajstić information content (AvgIpc) is 2.23. The van der Waals surface area contributed by atoms with Crippen molar-refractivity contribution >= 4 is 17.9 Å². The van der Waals surface area contributed by atoms with Crippen LogP contribution in [0.1, 0.15) is 18.7 Å². The quantitative estimate of drug-likeness (QED) is 0.699. The highest BCUT2D eigenvalue weighted by Gasteiger charge is 2.05. The molecule has 2 N–H and O–H groups in total. The van der Waals surface area contributed by atoms with Crippen LogP contribution in [0, 0.1) is 6.92 Å². The van der Waals surface area contributed by atoms with Crippen molar-refractivity contribution in [3.8, 4) is 0 Å². The molecular weight excluding hydrogens is 222 g/mol. The Kier molecular flexibility index (Phi) is 4.62. The van der Waals surface area contributed by atoms with Crippen LogP contribution in [0.5, 0.6) is 0 Å². The number of nitrogens with one attached hydrogen (secondary N) is 1. The van der Waals surface area contributed by atoms with Crippen LogP contribution in [0.3, 0.4) is 0 Å². The molecule has 1 heterocycles. The molecule has 1 aromatic heterocycles. The number of hydrogen-bond donors (Lipinski definition) is 2. The number of carbonyl (C=O) groups is 1. The molecule has 0 amide bonds. The summed E-state index contributed by atoms with van der Waals surface area (Å²) in [7, 11) is 3.70. The van der Waals surface area contributed by atoms with E-state index in [0.29, 0.717) is 30.7 Å². The maximum atomic E-state index is 10.3.